The van der Waals surface area contributed by atoms with Crippen LogP contribution in [0.25, 0.3) is 0 Å². The molecule has 1 aromatic rings. The van der Waals surface area contributed by atoms with E-state index in [4.69, 9.17) is 21.1 Å². The van der Waals surface area contributed by atoms with Gasteiger partial charge in [-0.25, -0.2) is 0 Å². The van der Waals surface area contributed by atoms with Crippen molar-refractivity contribution in [1.29, 1.82) is 0 Å². The number of aliphatic hydroxyl groups is 1. The minimum absolute atomic E-state index is 0.126. The van der Waals surface area contributed by atoms with E-state index in [1.54, 1.807) is 13.0 Å². The molecule has 0 spiro atoms. The van der Waals surface area contributed by atoms with E-state index < -0.39 is 12.2 Å². The summed E-state index contributed by atoms with van der Waals surface area (Å²) in [5, 5.41) is 10.2. The molecular weight excluding hydrogens is 216 g/mol. The second-order valence-electron chi connectivity index (χ2n) is 3.26. The Hall–Kier alpha value is -0.610. The number of aliphatic hydroxyl groups excluding tert-OH is 1. The average Bonchev–Trinajstić information content (AvgIpc) is 2.20. The highest BCUT2D eigenvalue weighted by Crippen LogP contribution is 2.27. The zero-order valence-electron chi connectivity index (χ0n) is 8.81. The van der Waals surface area contributed by atoms with Crippen molar-refractivity contribution in [2.75, 3.05) is 13.9 Å². The molecular formula is C11H15ClO3. The maximum absolute atomic E-state index is 9.58. The van der Waals surface area contributed by atoms with E-state index >= 15 is 0 Å². The normalized spacial score (nSPS) is 14.9. The molecule has 1 unspecified atom stereocenters. The number of hydrogen-bond acceptors (Lipinski definition) is 3. The molecule has 0 aliphatic carbocycles. The predicted molar refractivity (Wildman–Crippen MR) is 58.8 cm³/mol. The second-order valence-corrected chi connectivity index (χ2v) is 3.66. The van der Waals surface area contributed by atoms with Gasteiger partial charge in [0.05, 0.1) is 6.10 Å². The maximum Gasteiger partial charge on any atom is 0.147 e. The second kappa shape index (κ2) is 6.08. The first-order valence-electron chi connectivity index (χ1n) is 4.70. The van der Waals surface area contributed by atoms with Gasteiger partial charge in [0.15, 0.2) is 0 Å². The van der Waals surface area contributed by atoms with Gasteiger partial charge in [-0.3, -0.25) is 0 Å². The molecule has 0 aliphatic rings. The van der Waals surface area contributed by atoms with Crippen molar-refractivity contribution < 1.29 is 14.6 Å². The van der Waals surface area contributed by atoms with Crippen molar-refractivity contribution in [2.24, 2.45) is 0 Å². The summed E-state index contributed by atoms with van der Waals surface area (Å²) >= 11 is 6.01. The van der Waals surface area contributed by atoms with E-state index in [0.717, 1.165) is 5.56 Å². The van der Waals surface area contributed by atoms with Crippen LogP contribution in [0.2, 0.25) is 5.02 Å². The summed E-state index contributed by atoms with van der Waals surface area (Å²) < 4.78 is 10.2. The third-order valence-electron chi connectivity index (χ3n) is 2.02. The van der Waals surface area contributed by atoms with Crippen molar-refractivity contribution in [1.82, 2.24) is 0 Å². The largest absolute Gasteiger partial charge is 0.390 e. The molecule has 0 aliphatic heterocycles. The molecule has 2 atom stereocenters. The first-order chi connectivity index (χ1) is 7.16. The fraction of sp³-hybridized carbons (Fsp3) is 0.455. The van der Waals surface area contributed by atoms with Crippen LogP contribution in [0.4, 0.5) is 0 Å². The van der Waals surface area contributed by atoms with E-state index in [1.165, 1.54) is 7.11 Å². The maximum atomic E-state index is 9.58. The molecule has 0 saturated heterocycles. The van der Waals surface area contributed by atoms with Crippen molar-refractivity contribution in [3.05, 3.63) is 34.9 Å². The SMILES string of the molecule is COCO[C@H](c1ccccc1Cl)C(C)O. The van der Waals surface area contributed by atoms with Crippen LogP contribution in [0.1, 0.15) is 18.6 Å². The van der Waals surface area contributed by atoms with E-state index in [0.29, 0.717) is 5.02 Å². The summed E-state index contributed by atoms with van der Waals surface area (Å²) in [5.74, 6) is 0. The molecule has 0 aromatic heterocycles. The Bertz CT molecular complexity index is 302. The van der Waals surface area contributed by atoms with Gasteiger partial charge in [-0.2, -0.15) is 0 Å². The third kappa shape index (κ3) is 3.47. The molecule has 0 heterocycles. The lowest BCUT2D eigenvalue weighted by Crippen LogP contribution is -2.19. The number of rotatable bonds is 5. The van der Waals surface area contributed by atoms with Gasteiger partial charge in [0.1, 0.15) is 12.9 Å². The smallest absolute Gasteiger partial charge is 0.147 e. The van der Waals surface area contributed by atoms with Crippen molar-refractivity contribution in [3.63, 3.8) is 0 Å². The number of methoxy groups -OCH3 is 1. The number of hydrogen-bond donors (Lipinski definition) is 1. The monoisotopic (exact) mass is 230 g/mol. The average molecular weight is 231 g/mol. The lowest BCUT2D eigenvalue weighted by molar-refractivity contribution is -0.110. The Morgan fingerprint density at radius 2 is 2.07 bits per heavy atom. The van der Waals surface area contributed by atoms with Gasteiger partial charge in [-0.1, -0.05) is 29.8 Å². The first-order valence-corrected chi connectivity index (χ1v) is 5.07. The van der Waals surface area contributed by atoms with E-state index in [1.807, 2.05) is 18.2 Å². The summed E-state index contributed by atoms with van der Waals surface area (Å²) in [7, 11) is 1.53. The summed E-state index contributed by atoms with van der Waals surface area (Å²) in [6.07, 6.45) is -1.10. The fourth-order valence-corrected chi connectivity index (χ4v) is 1.58. The molecule has 84 valence electrons. The van der Waals surface area contributed by atoms with Gasteiger partial charge >= 0.3 is 0 Å². The molecule has 0 radical (unpaired) electrons. The predicted octanol–water partition coefficient (Wildman–Crippen LogP) is 2.38. The Labute approximate surface area is 94.6 Å². The minimum Gasteiger partial charge on any atom is -0.390 e. The van der Waals surface area contributed by atoms with E-state index in [2.05, 4.69) is 0 Å². The number of halogens is 1. The Balaban J connectivity index is 2.84. The van der Waals surface area contributed by atoms with Gasteiger partial charge in [0.25, 0.3) is 0 Å². The van der Waals surface area contributed by atoms with Crippen molar-refractivity contribution in [2.45, 2.75) is 19.1 Å². The van der Waals surface area contributed by atoms with Gasteiger partial charge in [-0.05, 0) is 13.0 Å². The quantitative estimate of drug-likeness (QED) is 0.790. The Morgan fingerprint density at radius 3 is 2.60 bits per heavy atom. The van der Waals surface area contributed by atoms with E-state index in [-0.39, 0.29) is 6.79 Å². The van der Waals surface area contributed by atoms with Crippen LogP contribution in [0.5, 0.6) is 0 Å². The summed E-state index contributed by atoms with van der Waals surface area (Å²) in [5.41, 5.74) is 0.770. The summed E-state index contributed by atoms with van der Waals surface area (Å²) in [6.45, 7) is 1.78. The van der Waals surface area contributed by atoms with Crippen LogP contribution in [0.15, 0.2) is 24.3 Å². The van der Waals surface area contributed by atoms with Crippen LogP contribution in [-0.2, 0) is 9.47 Å². The summed E-state index contributed by atoms with van der Waals surface area (Å²) in [4.78, 5) is 0. The molecule has 1 rings (SSSR count). The lowest BCUT2D eigenvalue weighted by Gasteiger charge is -2.21. The highest BCUT2D eigenvalue weighted by Gasteiger charge is 2.20. The van der Waals surface area contributed by atoms with Crippen LogP contribution in [0, 0.1) is 0 Å². The van der Waals surface area contributed by atoms with Crippen LogP contribution in [-0.4, -0.2) is 25.1 Å². The molecule has 1 aromatic carbocycles. The van der Waals surface area contributed by atoms with Crippen LogP contribution in [0.3, 0.4) is 0 Å². The topological polar surface area (TPSA) is 38.7 Å². The molecule has 15 heavy (non-hydrogen) atoms. The Morgan fingerprint density at radius 1 is 1.40 bits per heavy atom. The zero-order chi connectivity index (χ0) is 11.3. The highest BCUT2D eigenvalue weighted by molar-refractivity contribution is 6.31. The Kier molecular flexibility index (Phi) is 5.05. The molecule has 1 N–H and O–H groups in total. The standard InChI is InChI=1S/C11H15ClO3/c1-8(13)11(15-7-14-2)9-5-3-4-6-10(9)12/h3-6,8,11,13H,7H2,1-2H3/t8?,11-/m0/s1. The molecule has 0 bridgehead atoms. The molecule has 0 fully saturated rings. The number of benzene rings is 1. The van der Waals surface area contributed by atoms with E-state index in [9.17, 15) is 5.11 Å². The minimum atomic E-state index is -0.639. The van der Waals surface area contributed by atoms with Crippen LogP contribution < -0.4 is 0 Å². The molecule has 0 saturated carbocycles. The van der Waals surface area contributed by atoms with Crippen LogP contribution >= 0.6 is 11.6 Å². The third-order valence-corrected chi connectivity index (χ3v) is 2.36. The molecule has 0 amide bonds. The van der Waals surface area contributed by atoms with Crippen molar-refractivity contribution in [3.8, 4) is 0 Å². The molecule has 4 heteroatoms. The summed E-state index contributed by atoms with van der Waals surface area (Å²) in [6, 6.07) is 7.28. The van der Waals surface area contributed by atoms with Gasteiger partial charge in [-0.15, -0.1) is 0 Å². The highest BCUT2D eigenvalue weighted by atomic mass is 35.5. The van der Waals surface area contributed by atoms with Gasteiger partial charge in [0.2, 0.25) is 0 Å². The first kappa shape index (κ1) is 12.5. The van der Waals surface area contributed by atoms with Gasteiger partial charge < -0.3 is 14.6 Å². The van der Waals surface area contributed by atoms with Crippen molar-refractivity contribution >= 4 is 11.6 Å². The fourth-order valence-electron chi connectivity index (χ4n) is 1.34. The number of ether oxygens (including phenoxy) is 2. The zero-order valence-corrected chi connectivity index (χ0v) is 9.57. The van der Waals surface area contributed by atoms with Gasteiger partial charge in [0, 0.05) is 17.7 Å². The molecule has 3 nitrogen and oxygen atoms in total. The lowest BCUT2D eigenvalue weighted by atomic mass is 10.1.